The van der Waals surface area contributed by atoms with Crippen molar-refractivity contribution in [3.05, 3.63) is 50.1 Å². The van der Waals surface area contributed by atoms with E-state index in [-0.39, 0.29) is 5.82 Å². The molecule has 0 fully saturated rings. The summed E-state index contributed by atoms with van der Waals surface area (Å²) in [6, 6.07) is 4.90. The number of nitrogens with one attached hydrogen (secondary N) is 2. The highest BCUT2D eigenvalue weighted by molar-refractivity contribution is 9.10. The largest absolute Gasteiger partial charge is 0.356 e. The zero-order valence-electron chi connectivity index (χ0n) is 13.2. The third kappa shape index (κ3) is 5.58. The van der Waals surface area contributed by atoms with Gasteiger partial charge in [-0.3, -0.25) is 4.99 Å². The van der Waals surface area contributed by atoms with Crippen LogP contribution in [0.4, 0.5) is 4.39 Å². The number of aromatic nitrogens is 1. The lowest BCUT2D eigenvalue weighted by Gasteiger charge is -2.12. The van der Waals surface area contributed by atoms with Crippen LogP contribution in [0.3, 0.4) is 0 Å². The van der Waals surface area contributed by atoms with Crippen molar-refractivity contribution in [3.63, 3.8) is 0 Å². The van der Waals surface area contributed by atoms with Gasteiger partial charge in [0.05, 0.1) is 5.01 Å². The zero-order valence-corrected chi connectivity index (χ0v) is 15.6. The summed E-state index contributed by atoms with van der Waals surface area (Å²) in [5.41, 5.74) is 0.592. The first-order valence-corrected chi connectivity index (χ1v) is 9.05. The number of thiazole rings is 1. The zero-order chi connectivity index (χ0) is 16.7. The second-order valence-electron chi connectivity index (χ2n) is 4.91. The number of rotatable bonds is 6. The molecule has 0 saturated heterocycles. The average molecular weight is 399 g/mol. The van der Waals surface area contributed by atoms with Crippen LogP contribution in [0.1, 0.15) is 22.4 Å². The fourth-order valence-electron chi connectivity index (χ4n) is 1.99. The molecule has 124 valence electrons. The minimum atomic E-state index is -0.231. The molecule has 2 aromatic rings. The van der Waals surface area contributed by atoms with Gasteiger partial charge >= 0.3 is 0 Å². The third-order valence-corrected chi connectivity index (χ3v) is 4.95. The van der Waals surface area contributed by atoms with Gasteiger partial charge in [-0.05, 0) is 24.6 Å². The quantitative estimate of drug-likeness (QED) is 0.577. The molecule has 0 atom stereocenters. The van der Waals surface area contributed by atoms with Crippen LogP contribution in [0.25, 0.3) is 0 Å². The maximum absolute atomic E-state index is 13.7. The van der Waals surface area contributed by atoms with Crippen LogP contribution in [0.15, 0.2) is 33.9 Å². The van der Waals surface area contributed by atoms with E-state index in [0.29, 0.717) is 18.1 Å². The molecule has 0 saturated carbocycles. The highest BCUT2D eigenvalue weighted by atomic mass is 79.9. The van der Waals surface area contributed by atoms with Crippen LogP contribution in [-0.2, 0) is 19.4 Å². The molecule has 23 heavy (non-hydrogen) atoms. The van der Waals surface area contributed by atoms with E-state index >= 15 is 0 Å². The molecular formula is C16H20BrFN4S. The number of nitrogens with zero attached hydrogens (tertiary/aromatic N) is 2. The first kappa shape index (κ1) is 17.9. The van der Waals surface area contributed by atoms with E-state index in [1.54, 1.807) is 30.5 Å². The van der Waals surface area contributed by atoms with Crippen molar-refractivity contribution in [1.29, 1.82) is 0 Å². The molecule has 1 heterocycles. The van der Waals surface area contributed by atoms with Gasteiger partial charge in [0, 0.05) is 47.7 Å². The normalized spacial score (nSPS) is 11.6. The molecule has 0 bridgehead atoms. The van der Waals surface area contributed by atoms with Crippen molar-refractivity contribution >= 4 is 33.2 Å². The Morgan fingerprint density at radius 2 is 2.22 bits per heavy atom. The van der Waals surface area contributed by atoms with Gasteiger partial charge in [-0.25, -0.2) is 9.37 Å². The van der Waals surface area contributed by atoms with Crippen LogP contribution < -0.4 is 10.6 Å². The highest BCUT2D eigenvalue weighted by Crippen LogP contribution is 2.15. The van der Waals surface area contributed by atoms with Crippen molar-refractivity contribution < 1.29 is 4.39 Å². The molecule has 0 unspecified atom stereocenters. The van der Waals surface area contributed by atoms with Crippen molar-refractivity contribution in [3.8, 4) is 0 Å². The highest BCUT2D eigenvalue weighted by Gasteiger charge is 2.05. The lowest BCUT2D eigenvalue weighted by atomic mass is 10.2. The summed E-state index contributed by atoms with van der Waals surface area (Å²) >= 11 is 5.09. The predicted octanol–water partition coefficient (Wildman–Crippen LogP) is 3.51. The molecule has 0 radical (unpaired) electrons. The van der Waals surface area contributed by atoms with E-state index in [0.717, 1.165) is 28.9 Å². The number of guanidine groups is 1. The summed E-state index contributed by atoms with van der Waals surface area (Å²) in [5.74, 6) is 0.419. The molecular weight excluding hydrogens is 379 g/mol. The Bertz CT molecular complexity index is 672. The average Bonchev–Trinajstić information content (AvgIpc) is 3.01. The van der Waals surface area contributed by atoms with Crippen LogP contribution in [0.2, 0.25) is 0 Å². The summed E-state index contributed by atoms with van der Waals surface area (Å²) in [6.07, 6.45) is 3.80. The lowest BCUT2D eigenvalue weighted by molar-refractivity contribution is 0.604. The van der Waals surface area contributed by atoms with Crippen LogP contribution >= 0.6 is 27.3 Å². The Morgan fingerprint density at radius 3 is 2.91 bits per heavy atom. The van der Waals surface area contributed by atoms with Crippen LogP contribution in [0, 0.1) is 5.82 Å². The van der Waals surface area contributed by atoms with Crippen LogP contribution in [-0.4, -0.2) is 24.5 Å². The first-order chi connectivity index (χ1) is 11.1. The Hall–Kier alpha value is -1.47. The molecule has 2 N–H and O–H groups in total. The molecule has 2 rings (SSSR count). The van der Waals surface area contributed by atoms with Gasteiger partial charge in [0.25, 0.3) is 0 Å². The van der Waals surface area contributed by atoms with Gasteiger partial charge in [0.15, 0.2) is 5.96 Å². The molecule has 0 aliphatic carbocycles. The summed E-state index contributed by atoms with van der Waals surface area (Å²) in [6.45, 7) is 3.24. The van der Waals surface area contributed by atoms with Gasteiger partial charge in [-0.2, -0.15) is 0 Å². The van der Waals surface area contributed by atoms with Gasteiger partial charge in [-0.1, -0.05) is 22.9 Å². The summed E-state index contributed by atoms with van der Waals surface area (Å²) in [5, 5.41) is 7.45. The van der Waals surface area contributed by atoms with Crippen molar-refractivity contribution in [2.24, 2.45) is 4.99 Å². The number of aliphatic imine (C=N–C) groups is 1. The second-order valence-corrected chi connectivity index (χ2v) is 7.03. The molecule has 0 aliphatic heterocycles. The van der Waals surface area contributed by atoms with E-state index in [1.807, 2.05) is 6.20 Å². The minimum Gasteiger partial charge on any atom is -0.356 e. The SMILES string of the molecule is CCc1cnc(CCNC(=NC)NCc2cc(Br)ccc2F)s1. The Labute approximate surface area is 148 Å². The van der Waals surface area contributed by atoms with Crippen molar-refractivity contribution in [1.82, 2.24) is 15.6 Å². The molecule has 0 aliphatic rings. The number of hydrogen-bond donors (Lipinski definition) is 2. The first-order valence-electron chi connectivity index (χ1n) is 7.44. The maximum atomic E-state index is 13.7. The van der Waals surface area contributed by atoms with E-state index in [9.17, 15) is 4.39 Å². The molecule has 0 spiro atoms. The van der Waals surface area contributed by atoms with E-state index in [1.165, 1.54) is 10.9 Å². The molecule has 1 aromatic carbocycles. The molecule has 4 nitrogen and oxygen atoms in total. The minimum absolute atomic E-state index is 0.231. The number of benzene rings is 1. The Balaban J connectivity index is 1.80. The maximum Gasteiger partial charge on any atom is 0.191 e. The summed E-state index contributed by atoms with van der Waals surface area (Å²) in [4.78, 5) is 9.84. The lowest BCUT2D eigenvalue weighted by Crippen LogP contribution is -2.38. The molecule has 0 amide bonds. The number of halogens is 2. The Kier molecular flexibility index (Phi) is 6.98. The van der Waals surface area contributed by atoms with Gasteiger partial charge in [-0.15, -0.1) is 11.3 Å². The predicted molar refractivity (Wildman–Crippen MR) is 97.5 cm³/mol. The van der Waals surface area contributed by atoms with Crippen LogP contribution in [0.5, 0.6) is 0 Å². The van der Waals surface area contributed by atoms with Gasteiger partial charge in [0.2, 0.25) is 0 Å². The monoisotopic (exact) mass is 398 g/mol. The molecule has 7 heteroatoms. The van der Waals surface area contributed by atoms with Crippen molar-refractivity contribution in [2.75, 3.05) is 13.6 Å². The number of hydrogen-bond acceptors (Lipinski definition) is 3. The van der Waals surface area contributed by atoms with E-state index in [4.69, 9.17) is 0 Å². The van der Waals surface area contributed by atoms with E-state index < -0.39 is 0 Å². The topological polar surface area (TPSA) is 49.3 Å². The smallest absolute Gasteiger partial charge is 0.191 e. The summed E-state index contributed by atoms with van der Waals surface area (Å²) in [7, 11) is 1.70. The fraction of sp³-hybridized carbons (Fsp3) is 0.375. The Morgan fingerprint density at radius 1 is 1.39 bits per heavy atom. The van der Waals surface area contributed by atoms with Gasteiger partial charge in [0.1, 0.15) is 5.82 Å². The molecule has 1 aromatic heterocycles. The fourth-order valence-corrected chi connectivity index (χ4v) is 3.26. The summed E-state index contributed by atoms with van der Waals surface area (Å²) < 4.78 is 14.6. The third-order valence-electron chi connectivity index (χ3n) is 3.26. The standard InChI is InChI=1S/C16H20BrFN4S/c1-3-13-10-21-15(23-13)6-7-20-16(19-2)22-9-11-8-12(17)4-5-14(11)18/h4-5,8,10H,3,6-7,9H2,1-2H3,(H2,19,20,22). The second kappa shape index (κ2) is 8.98. The van der Waals surface area contributed by atoms with E-state index in [2.05, 4.69) is 43.5 Å². The number of aryl methyl sites for hydroxylation is 1. The van der Waals surface area contributed by atoms with Crippen molar-refractivity contribution in [2.45, 2.75) is 26.3 Å². The van der Waals surface area contributed by atoms with Gasteiger partial charge < -0.3 is 10.6 Å².